The molecule has 2 aromatic rings. The molecule has 0 radical (unpaired) electrons. The lowest BCUT2D eigenvalue weighted by atomic mass is 9.87. The molecule has 11 heteroatoms. The fourth-order valence-corrected chi connectivity index (χ4v) is 6.36. The molecule has 4 atom stereocenters. The quantitative estimate of drug-likeness (QED) is 0.549. The van der Waals surface area contributed by atoms with Crippen molar-refractivity contribution in [2.24, 2.45) is 10.8 Å². The summed E-state index contributed by atoms with van der Waals surface area (Å²) in [4.78, 5) is 31.4. The summed E-state index contributed by atoms with van der Waals surface area (Å²) in [6.45, 7) is 14.3. The van der Waals surface area contributed by atoms with Crippen LogP contribution in [-0.2, 0) is 28.5 Å². The number of nitrogens with one attached hydrogen (secondary N) is 1. The fraction of sp³-hybridized carbons (Fsp3) is 0.724. The molecule has 1 aromatic carbocycles. The van der Waals surface area contributed by atoms with Crippen LogP contribution < -0.4 is 10.2 Å². The number of benzene rings is 1. The van der Waals surface area contributed by atoms with Crippen molar-refractivity contribution < 1.29 is 33.4 Å². The minimum Gasteiger partial charge on any atom is -0.356 e. The maximum atomic E-state index is 12.6. The molecule has 220 valence electrons. The van der Waals surface area contributed by atoms with E-state index in [1.807, 2.05) is 65.8 Å². The van der Waals surface area contributed by atoms with Gasteiger partial charge in [-0.15, -0.1) is 5.10 Å². The van der Waals surface area contributed by atoms with Crippen molar-refractivity contribution in [3.63, 3.8) is 0 Å². The van der Waals surface area contributed by atoms with E-state index >= 15 is 0 Å². The van der Waals surface area contributed by atoms with Gasteiger partial charge in [0.1, 0.15) is 11.0 Å². The van der Waals surface area contributed by atoms with Crippen LogP contribution in [0.15, 0.2) is 24.3 Å². The Balaban J connectivity index is 0.000000170. The highest BCUT2D eigenvalue weighted by molar-refractivity contribution is 5.82. The molecule has 0 bridgehead atoms. The van der Waals surface area contributed by atoms with Gasteiger partial charge in [-0.2, -0.15) is 0 Å². The molecular formula is C29H42N4O7. The third-order valence-electron chi connectivity index (χ3n) is 8.24. The van der Waals surface area contributed by atoms with E-state index in [0.29, 0.717) is 23.9 Å². The summed E-state index contributed by atoms with van der Waals surface area (Å²) in [6, 6.07) is 7.34. The number of fused-ring (bicyclic) bond motifs is 3. The summed E-state index contributed by atoms with van der Waals surface area (Å²) in [5.41, 5.74) is 0.360. The number of hydrogen-bond donors (Lipinski definition) is 1. The zero-order chi connectivity index (χ0) is 28.9. The molecule has 2 saturated heterocycles. The summed E-state index contributed by atoms with van der Waals surface area (Å²) >= 11 is 0. The number of rotatable bonds is 5. The van der Waals surface area contributed by atoms with Gasteiger partial charge in [0.05, 0.1) is 35.2 Å². The van der Waals surface area contributed by atoms with Gasteiger partial charge < -0.3 is 29.1 Å². The third kappa shape index (κ3) is 5.74. The predicted molar refractivity (Wildman–Crippen MR) is 145 cm³/mol. The summed E-state index contributed by atoms with van der Waals surface area (Å²) in [7, 11) is 0. The first-order chi connectivity index (χ1) is 18.7. The van der Waals surface area contributed by atoms with Gasteiger partial charge >= 0.3 is 5.97 Å². The second kappa shape index (κ2) is 10.3. The summed E-state index contributed by atoms with van der Waals surface area (Å²) in [5.74, 6) is -1.27. The minimum absolute atomic E-state index is 0.0716. The van der Waals surface area contributed by atoms with E-state index in [4.69, 9.17) is 23.8 Å². The van der Waals surface area contributed by atoms with Gasteiger partial charge in [0.2, 0.25) is 5.91 Å². The molecule has 3 heterocycles. The van der Waals surface area contributed by atoms with E-state index in [1.54, 1.807) is 0 Å². The van der Waals surface area contributed by atoms with Crippen molar-refractivity contribution in [2.75, 3.05) is 6.54 Å². The van der Waals surface area contributed by atoms with Crippen LogP contribution in [0.4, 0.5) is 0 Å². The van der Waals surface area contributed by atoms with Gasteiger partial charge in [-0.1, -0.05) is 30.8 Å². The Morgan fingerprint density at radius 1 is 0.875 bits per heavy atom. The molecule has 0 spiro atoms. The van der Waals surface area contributed by atoms with Crippen LogP contribution in [0.2, 0.25) is 0 Å². The van der Waals surface area contributed by atoms with E-state index in [1.165, 1.54) is 4.85 Å². The van der Waals surface area contributed by atoms with E-state index < -0.39 is 17.0 Å². The first-order valence-corrected chi connectivity index (χ1v) is 14.3. The number of amides is 1. The number of carbonyl (C=O) groups excluding carboxylic acids is 2. The summed E-state index contributed by atoms with van der Waals surface area (Å²) in [5, 5.41) is 10.9. The number of para-hydroxylation sites is 1. The Morgan fingerprint density at radius 2 is 1.38 bits per heavy atom. The Kier molecular flexibility index (Phi) is 7.48. The van der Waals surface area contributed by atoms with Crippen LogP contribution in [0.5, 0.6) is 0 Å². The number of ether oxygens (including phenoxy) is 4. The van der Waals surface area contributed by atoms with Crippen LogP contribution in [0.25, 0.3) is 11.0 Å². The molecule has 2 aliphatic heterocycles. The lowest BCUT2D eigenvalue weighted by Crippen LogP contribution is -2.39. The maximum Gasteiger partial charge on any atom is 0.341 e. The monoisotopic (exact) mass is 558 g/mol. The molecule has 1 N–H and O–H groups in total. The smallest absolute Gasteiger partial charge is 0.341 e. The average molecular weight is 559 g/mol. The molecule has 2 aliphatic carbocycles. The molecule has 4 aliphatic rings. The number of nitrogens with zero attached hydrogens (tertiary/aromatic N) is 3. The van der Waals surface area contributed by atoms with E-state index in [9.17, 15) is 9.59 Å². The summed E-state index contributed by atoms with van der Waals surface area (Å²) in [6.07, 6.45) is 3.64. The molecule has 11 nitrogen and oxygen atoms in total. The van der Waals surface area contributed by atoms with Crippen molar-refractivity contribution in [3.05, 3.63) is 24.3 Å². The maximum absolute atomic E-state index is 12.6. The predicted octanol–water partition coefficient (Wildman–Crippen LogP) is 3.54. The molecule has 4 unspecified atom stereocenters. The molecule has 4 fully saturated rings. The summed E-state index contributed by atoms with van der Waals surface area (Å²) < 4.78 is 23.4. The SMILES string of the molecule is CC1(C)OC2CC(C)(C(=O)On3nnc4ccccc43)CC2O1.CCCNC(=O)C1(C)CC2OC(C)(C)OC2C1. The lowest BCUT2D eigenvalue weighted by Gasteiger charge is -2.26. The standard InChI is InChI=1S/C16H19N3O4.C13H23NO3/c1-15(2)21-12-8-16(3,9-13(12)22-15)14(20)23-19-11-7-5-4-6-10(11)17-18-19;1-5-6-14-11(15)13(4)7-9-10(8-13)17-12(2,3)16-9/h4-7,12-13H,8-9H2,1-3H3;9-10H,5-8H2,1-4H3,(H,14,15). The lowest BCUT2D eigenvalue weighted by molar-refractivity contribution is -0.172. The highest BCUT2D eigenvalue weighted by atomic mass is 16.8. The van der Waals surface area contributed by atoms with Gasteiger partial charge in [0.25, 0.3) is 0 Å². The molecule has 2 saturated carbocycles. The van der Waals surface area contributed by atoms with Crippen LogP contribution >= 0.6 is 0 Å². The Bertz CT molecular complexity index is 1230. The highest BCUT2D eigenvalue weighted by Crippen LogP contribution is 2.48. The number of aromatic nitrogens is 3. The molecule has 1 amide bonds. The van der Waals surface area contributed by atoms with Crippen molar-refractivity contribution in [1.82, 2.24) is 20.5 Å². The Labute approximate surface area is 235 Å². The van der Waals surface area contributed by atoms with Crippen LogP contribution in [-0.4, -0.2) is 69.6 Å². The Morgan fingerprint density at radius 3 is 1.90 bits per heavy atom. The number of hydrogen-bond acceptors (Lipinski definition) is 9. The van der Waals surface area contributed by atoms with Crippen molar-refractivity contribution in [1.29, 1.82) is 0 Å². The number of carbonyl (C=O) groups is 2. The van der Waals surface area contributed by atoms with E-state index in [0.717, 1.165) is 25.8 Å². The van der Waals surface area contributed by atoms with Crippen molar-refractivity contribution in [2.45, 2.75) is 117 Å². The normalized spacial score (nSPS) is 35.1. The van der Waals surface area contributed by atoms with E-state index in [-0.39, 0.29) is 41.7 Å². The van der Waals surface area contributed by atoms with Crippen LogP contribution in [0.3, 0.4) is 0 Å². The minimum atomic E-state index is -0.654. The zero-order valence-corrected chi connectivity index (χ0v) is 24.6. The molecule has 40 heavy (non-hydrogen) atoms. The zero-order valence-electron chi connectivity index (χ0n) is 24.6. The second-order valence-corrected chi connectivity index (χ2v) is 12.9. The molecule has 6 rings (SSSR count). The van der Waals surface area contributed by atoms with Crippen LogP contribution in [0, 0.1) is 10.8 Å². The van der Waals surface area contributed by atoms with Gasteiger partial charge in [-0.25, -0.2) is 4.79 Å². The van der Waals surface area contributed by atoms with Crippen molar-refractivity contribution in [3.8, 4) is 0 Å². The van der Waals surface area contributed by atoms with Gasteiger partial charge in [0.15, 0.2) is 11.6 Å². The molecular weight excluding hydrogens is 516 g/mol. The van der Waals surface area contributed by atoms with Gasteiger partial charge in [0, 0.05) is 6.54 Å². The van der Waals surface area contributed by atoms with Gasteiger partial charge in [-0.3, -0.25) is 4.79 Å². The van der Waals surface area contributed by atoms with Crippen molar-refractivity contribution >= 4 is 22.9 Å². The first kappa shape index (κ1) is 28.9. The topological polar surface area (TPSA) is 123 Å². The first-order valence-electron chi connectivity index (χ1n) is 14.3. The van der Waals surface area contributed by atoms with Crippen LogP contribution in [0.1, 0.15) is 80.6 Å². The van der Waals surface area contributed by atoms with E-state index in [2.05, 4.69) is 22.6 Å². The highest BCUT2D eigenvalue weighted by Gasteiger charge is 2.56. The Hall–Kier alpha value is -2.60. The second-order valence-electron chi connectivity index (χ2n) is 12.9. The molecule has 1 aromatic heterocycles. The largest absolute Gasteiger partial charge is 0.356 e. The average Bonchev–Trinajstić information content (AvgIpc) is 3.62. The fourth-order valence-electron chi connectivity index (χ4n) is 6.36. The third-order valence-corrected chi connectivity index (χ3v) is 8.24. The van der Waals surface area contributed by atoms with Gasteiger partial charge in [-0.05, 0) is 84.1 Å².